The number of hydrogen-bond donors (Lipinski definition) is 2. The van der Waals surface area contributed by atoms with Gasteiger partial charge in [0, 0.05) is 17.6 Å². The second-order valence-corrected chi connectivity index (χ2v) is 5.90. The average Bonchev–Trinajstić information content (AvgIpc) is 2.76. The number of para-hydroxylation sites is 1. The number of carbonyl (C=O) groups is 2. The van der Waals surface area contributed by atoms with Crippen LogP contribution in [-0.2, 0) is 11.2 Å². The van der Waals surface area contributed by atoms with Gasteiger partial charge in [-0.2, -0.15) is 0 Å². The number of rotatable bonds is 2. The van der Waals surface area contributed by atoms with Crippen LogP contribution in [-0.4, -0.2) is 28.7 Å². The highest BCUT2D eigenvalue weighted by Gasteiger charge is 2.41. The van der Waals surface area contributed by atoms with Crippen LogP contribution in [0, 0.1) is 0 Å². The van der Waals surface area contributed by atoms with Gasteiger partial charge >= 0.3 is 12.0 Å². The van der Waals surface area contributed by atoms with Gasteiger partial charge in [-0.3, -0.25) is 4.90 Å². The number of hydrogen-bond acceptors (Lipinski definition) is 2. The molecular weight excluding hydrogens is 256 g/mol. The van der Waals surface area contributed by atoms with Gasteiger partial charge in [0.2, 0.25) is 0 Å². The van der Waals surface area contributed by atoms with Crippen LogP contribution in [0.5, 0.6) is 0 Å². The lowest BCUT2D eigenvalue weighted by atomic mass is 9.79. The first-order valence-corrected chi connectivity index (χ1v) is 6.92. The van der Waals surface area contributed by atoms with Crippen molar-refractivity contribution in [2.24, 2.45) is 0 Å². The summed E-state index contributed by atoms with van der Waals surface area (Å²) in [6.07, 6.45) is 3.38. The molecule has 0 unspecified atom stereocenters. The molecule has 1 fully saturated rings. The molecule has 1 aliphatic carbocycles. The minimum Gasteiger partial charge on any atom is -0.480 e. The summed E-state index contributed by atoms with van der Waals surface area (Å²) in [4.78, 5) is 25.3. The second-order valence-electron chi connectivity index (χ2n) is 5.90. The number of nitrogens with zero attached hydrogens (tertiary/aromatic N) is 1. The molecule has 5 heteroatoms. The van der Waals surface area contributed by atoms with Crippen LogP contribution in [0.4, 0.5) is 10.5 Å². The molecule has 2 aliphatic rings. The number of carboxylic acid groups (broad SMARTS) is 1. The second kappa shape index (κ2) is 4.51. The lowest BCUT2D eigenvalue weighted by molar-refractivity contribution is -0.138. The van der Waals surface area contributed by atoms with Crippen molar-refractivity contribution in [2.45, 2.75) is 44.2 Å². The fourth-order valence-electron chi connectivity index (χ4n) is 2.99. The number of carboxylic acids is 1. The highest BCUT2D eigenvalue weighted by molar-refractivity contribution is 6.01. The Kier molecular flexibility index (Phi) is 2.92. The van der Waals surface area contributed by atoms with E-state index in [-0.39, 0.29) is 11.6 Å². The van der Waals surface area contributed by atoms with Crippen molar-refractivity contribution in [3.8, 4) is 0 Å². The average molecular weight is 274 g/mol. The van der Waals surface area contributed by atoms with Crippen molar-refractivity contribution in [2.75, 3.05) is 4.90 Å². The van der Waals surface area contributed by atoms with Gasteiger partial charge in [-0.25, -0.2) is 9.59 Å². The minimum atomic E-state index is -0.963. The number of amides is 2. The lowest BCUT2D eigenvalue weighted by Crippen LogP contribution is -2.57. The molecule has 3 rings (SSSR count). The summed E-state index contributed by atoms with van der Waals surface area (Å²) < 4.78 is 0. The number of aliphatic carboxylic acids is 1. The van der Waals surface area contributed by atoms with E-state index in [4.69, 9.17) is 0 Å². The van der Waals surface area contributed by atoms with Crippen LogP contribution in [0.15, 0.2) is 24.3 Å². The molecule has 2 N–H and O–H groups in total. The Morgan fingerprint density at radius 1 is 1.35 bits per heavy atom. The first kappa shape index (κ1) is 13.0. The zero-order valence-electron chi connectivity index (χ0n) is 11.4. The smallest absolute Gasteiger partial charge is 0.327 e. The fraction of sp³-hybridized carbons (Fsp3) is 0.467. The third-order valence-corrected chi connectivity index (χ3v) is 4.35. The van der Waals surface area contributed by atoms with Gasteiger partial charge in [-0.05, 0) is 37.8 Å². The van der Waals surface area contributed by atoms with E-state index in [9.17, 15) is 14.7 Å². The maximum absolute atomic E-state index is 12.5. The fourth-order valence-corrected chi connectivity index (χ4v) is 2.99. The van der Waals surface area contributed by atoms with Crippen molar-refractivity contribution in [3.63, 3.8) is 0 Å². The highest BCUT2D eigenvalue weighted by atomic mass is 16.4. The molecule has 106 valence electrons. The number of carbonyl (C=O) groups excluding carboxylic acids is 1. The molecule has 1 saturated carbocycles. The van der Waals surface area contributed by atoms with E-state index in [0.29, 0.717) is 12.1 Å². The zero-order valence-corrected chi connectivity index (χ0v) is 11.4. The minimum absolute atomic E-state index is 0.183. The molecule has 1 aromatic rings. The van der Waals surface area contributed by atoms with E-state index < -0.39 is 12.0 Å². The highest BCUT2D eigenvalue weighted by Crippen LogP contribution is 2.35. The monoisotopic (exact) mass is 274 g/mol. The van der Waals surface area contributed by atoms with Crippen molar-refractivity contribution in [1.29, 1.82) is 0 Å². The first-order valence-electron chi connectivity index (χ1n) is 6.92. The third kappa shape index (κ3) is 2.03. The Bertz CT molecular complexity index is 566. The molecule has 1 aliphatic heterocycles. The number of nitrogens with one attached hydrogen (secondary N) is 1. The van der Waals surface area contributed by atoms with E-state index in [1.807, 2.05) is 25.1 Å². The predicted molar refractivity (Wildman–Crippen MR) is 74.8 cm³/mol. The van der Waals surface area contributed by atoms with Gasteiger partial charge in [-0.1, -0.05) is 18.2 Å². The van der Waals surface area contributed by atoms with Crippen LogP contribution in [0.25, 0.3) is 0 Å². The maximum atomic E-state index is 12.5. The summed E-state index contributed by atoms with van der Waals surface area (Å²) in [6, 6.07) is 6.27. The van der Waals surface area contributed by atoms with Gasteiger partial charge in [-0.15, -0.1) is 0 Å². The maximum Gasteiger partial charge on any atom is 0.327 e. The lowest BCUT2D eigenvalue weighted by Gasteiger charge is -2.40. The van der Waals surface area contributed by atoms with Crippen LogP contribution in [0.3, 0.4) is 0 Å². The number of urea groups is 1. The molecule has 1 heterocycles. The zero-order chi connectivity index (χ0) is 14.3. The quantitative estimate of drug-likeness (QED) is 0.868. The number of benzene rings is 1. The third-order valence-electron chi connectivity index (χ3n) is 4.35. The van der Waals surface area contributed by atoms with Gasteiger partial charge < -0.3 is 10.4 Å². The standard InChI is InChI=1S/C15H18N2O3/c1-15(7-4-8-15)16-14(20)17-11-6-3-2-5-10(11)9-12(17)13(18)19/h2-3,5-6,12H,4,7-9H2,1H3,(H,16,20)(H,18,19)/t12-/m0/s1. The molecule has 2 amide bonds. The van der Waals surface area contributed by atoms with Crippen LogP contribution >= 0.6 is 0 Å². The summed E-state index contributed by atoms with van der Waals surface area (Å²) in [5, 5.41) is 12.3. The van der Waals surface area contributed by atoms with Gasteiger partial charge in [0.05, 0.1) is 0 Å². The Morgan fingerprint density at radius 3 is 2.65 bits per heavy atom. The number of anilines is 1. The van der Waals surface area contributed by atoms with Crippen LogP contribution in [0.1, 0.15) is 31.7 Å². The van der Waals surface area contributed by atoms with Gasteiger partial charge in [0.1, 0.15) is 6.04 Å². The molecule has 20 heavy (non-hydrogen) atoms. The van der Waals surface area contributed by atoms with Crippen LogP contribution in [0.2, 0.25) is 0 Å². The SMILES string of the molecule is CC1(NC(=O)N2c3ccccc3C[C@H]2C(=O)O)CCC1. The number of fused-ring (bicyclic) bond motifs is 1. The van der Waals surface area contributed by atoms with E-state index in [1.54, 1.807) is 6.07 Å². The molecule has 0 saturated heterocycles. The molecule has 1 atom stereocenters. The molecule has 5 nitrogen and oxygen atoms in total. The summed E-state index contributed by atoms with van der Waals surface area (Å²) >= 11 is 0. The summed E-state index contributed by atoms with van der Waals surface area (Å²) in [5.41, 5.74) is 1.44. The normalized spacial score (nSPS) is 22.9. The molecule has 0 aromatic heterocycles. The predicted octanol–water partition coefficient (Wildman–Crippen LogP) is 2.15. The molecule has 1 aromatic carbocycles. The molecular formula is C15H18N2O3. The van der Waals surface area contributed by atoms with Crippen LogP contribution < -0.4 is 10.2 Å². The summed E-state index contributed by atoms with van der Waals surface area (Å²) in [6.45, 7) is 2.01. The summed E-state index contributed by atoms with van der Waals surface area (Å²) in [7, 11) is 0. The Balaban J connectivity index is 1.88. The van der Waals surface area contributed by atoms with Crippen molar-refractivity contribution >= 4 is 17.7 Å². The Morgan fingerprint density at radius 2 is 2.05 bits per heavy atom. The van der Waals surface area contributed by atoms with Gasteiger partial charge in [0.15, 0.2) is 0 Å². The Hall–Kier alpha value is -2.04. The van der Waals surface area contributed by atoms with E-state index in [1.165, 1.54) is 4.90 Å². The van der Waals surface area contributed by atoms with Crippen molar-refractivity contribution < 1.29 is 14.7 Å². The first-order chi connectivity index (χ1) is 9.50. The molecule has 0 radical (unpaired) electrons. The van der Waals surface area contributed by atoms with Crippen molar-refractivity contribution in [1.82, 2.24) is 5.32 Å². The van der Waals surface area contributed by atoms with E-state index in [0.717, 1.165) is 24.8 Å². The van der Waals surface area contributed by atoms with Crippen molar-refractivity contribution in [3.05, 3.63) is 29.8 Å². The van der Waals surface area contributed by atoms with E-state index >= 15 is 0 Å². The van der Waals surface area contributed by atoms with Gasteiger partial charge in [0.25, 0.3) is 0 Å². The largest absolute Gasteiger partial charge is 0.480 e. The Labute approximate surface area is 117 Å². The molecule has 0 bridgehead atoms. The summed E-state index contributed by atoms with van der Waals surface area (Å²) in [5.74, 6) is -0.963. The molecule has 0 spiro atoms. The van der Waals surface area contributed by atoms with E-state index in [2.05, 4.69) is 5.32 Å². The topological polar surface area (TPSA) is 69.6 Å².